The SMILES string of the molecule is Nc1cnc(NC(=O)NCC(F)(F)F)c(Br)c1. The van der Waals surface area contributed by atoms with E-state index in [2.05, 4.69) is 26.2 Å². The molecule has 0 spiro atoms. The van der Waals surface area contributed by atoms with Crippen molar-refractivity contribution in [1.82, 2.24) is 10.3 Å². The van der Waals surface area contributed by atoms with E-state index in [1.54, 1.807) is 5.32 Å². The van der Waals surface area contributed by atoms with Gasteiger partial charge in [-0.25, -0.2) is 9.78 Å². The van der Waals surface area contributed by atoms with Gasteiger partial charge in [0.2, 0.25) is 0 Å². The van der Waals surface area contributed by atoms with E-state index in [1.165, 1.54) is 12.3 Å². The lowest BCUT2D eigenvalue weighted by atomic mass is 10.4. The van der Waals surface area contributed by atoms with Gasteiger partial charge in [0.15, 0.2) is 0 Å². The zero-order valence-electron chi connectivity index (χ0n) is 8.31. The lowest BCUT2D eigenvalue weighted by Gasteiger charge is -2.10. The highest BCUT2D eigenvalue weighted by Crippen LogP contribution is 2.21. The van der Waals surface area contributed by atoms with E-state index in [1.807, 2.05) is 0 Å². The molecule has 0 aliphatic heterocycles. The fourth-order valence-electron chi connectivity index (χ4n) is 0.877. The summed E-state index contributed by atoms with van der Waals surface area (Å²) in [5.41, 5.74) is 5.76. The Labute approximate surface area is 103 Å². The third kappa shape index (κ3) is 4.89. The van der Waals surface area contributed by atoms with E-state index in [9.17, 15) is 18.0 Å². The molecule has 4 N–H and O–H groups in total. The van der Waals surface area contributed by atoms with Gasteiger partial charge < -0.3 is 11.1 Å². The minimum absolute atomic E-state index is 0.0823. The van der Waals surface area contributed by atoms with E-state index in [4.69, 9.17) is 5.73 Å². The van der Waals surface area contributed by atoms with Crippen molar-refractivity contribution in [2.45, 2.75) is 6.18 Å². The molecule has 0 aliphatic rings. The number of nitrogens with two attached hydrogens (primary N) is 1. The molecule has 0 atom stereocenters. The summed E-state index contributed by atoms with van der Waals surface area (Å²) < 4.78 is 35.8. The standard InChI is InChI=1S/C8H8BrF3N4O/c9-5-1-4(13)2-14-6(5)16-7(17)15-3-8(10,11)12/h1-2H,3,13H2,(H2,14,15,16,17). The Balaban J connectivity index is 2.57. The number of carbonyl (C=O) groups excluding carboxylic acids is 1. The van der Waals surface area contributed by atoms with Crippen LogP contribution in [0.5, 0.6) is 0 Å². The predicted molar refractivity (Wildman–Crippen MR) is 59.4 cm³/mol. The van der Waals surface area contributed by atoms with Gasteiger partial charge in [-0.15, -0.1) is 0 Å². The molecule has 2 amide bonds. The van der Waals surface area contributed by atoms with Crippen LogP contribution in [0.3, 0.4) is 0 Å². The maximum Gasteiger partial charge on any atom is 0.405 e. The Bertz CT molecular complexity index is 424. The molecule has 0 bridgehead atoms. The Morgan fingerprint density at radius 1 is 1.53 bits per heavy atom. The number of pyridine rings is 1. The van der Waals surface area contributed by atoms with Crippen molar-refractivity contribution in [3.8, 4) is 0 Å². The molecule has 1 aromatic rings. The molecule has 1 aromatic heterocycles. The molecular formula is C8H8BrF3N4O. The molecule has 5 nitrogen and oxygen atoms in total. The smallest absolute Gasteiger partial charge is 0.397 e. The fraction of sp³-hybridized carbons (Fsp3) is 0.250. The zero-order chi connectivity index (χ0) is 13.1. The van der Waals surface area contributed by atoms with Crippen molar-refractivity contribution in [2.24, 2.45) is 0 Å². The van der Waals surface area contributed by atoms with Crippen molar-refractivity contribution in [2.75, 3.05) is 17.6 Å². The van der Waals surface area contributed by atoms with Crippen LogP contribution >= 0.6 is 15.9 Å². The number of amides is 2. The number of carbonyl (C=O) groups is 1. The highest BCUT2D eigenvalue weighted by Gasteiger charge is 2.27. The van der Waals surface area contributed by atoms with Crippen molar-refractivity contribution in [3.05, 3.63) is 16.7 Å². The quantitative estimate of drug-likeness (QED) is 0.782. The number of nitrogens with one attached hydrogen (secondary N) is 2. The highest BCUT2D eigenvalue weighted by molar-refractivity contribution is 9.10. The average Bonchev–Trinajstić information content (AvgIpc) is 2.18. The second-order valence-electron chi connectivity index (χ2n) is 3.02. The van der Waals surface area contributed by atoms with Crippen LogP contribution in [-0.2, 0) is 0 Å². The van der Waals surface area contributed by atoms with Gasteiger partial charge in [-0.3, -0.25) is 5.32 Å². The third-order valence-corrected chi connectivity index (χ3v) is 2.15. The minimum atomic E-state index is -4.46. The van der Waals surface area contributed by atoms with Gasteiger partial charge in [0.25, 0.3) is 0 Å². The first-order valence-electron chi connectivity index (χ1n) is 4.30. The van der Waals surface area contributed by atoms with Gasteiger partial charge in [0, 0.05) is 0 Å². The van der Waals surface area contributed by atoms with Crippen molar-refractivity contribution in [1.29, 1.82) is 0 Å². The molecule has 0 aliphatic carbocycles. The van der Waals surface area contributed by atoms with Crippen LogP contribution in [-0.4, -0.2) is 23.7 Å². The maximum atomic E-state index is 11.8. The summed E-state index contributed by atoms with van der Waals surface area (Å²) in [6.45, 7) is -1.41. The Morgan fingerprint density at radius 3 is 2.71 bits per heavy atom. The lowest BCUT2D eigenvalue weighted by molar-refractivity contribution is -0.122. The first kappa shape index (κ1) is 13.6. The van der Waals surface area contributed by atoms with Crippen LogP contribution in [0.15, 0.2) is 16.7 Å². The van der Waals surface area contributed by atoms with Crippen LogP contribution in [0, 0.1) is 0 Å². The minimum Gasteiger partial charge on any atom is -0.397 e. The van der Waals surface area contributed by atoms with Crippen LogP contribution in [0.1, 0.15) is 0 Å². The van der Waals surface area contributed by atoms with Crippen LogP contribution in [0.4, 0.5) is 29.5 Å². The summed E-state index contributed by atoms with van der Waals surface area (Å²) in [5.74, 6) is 0.0823. The van der Waals surface area contributed by atoms with Crippen LogP contribution in [0.25, 0.3) is 0 Å². The van der Waals surface area contributed by atoms with E-state index in [0.717, 1.165) is 0 Å². The van der Waals surface area contributed by atoms with Crippen molar-refractivity contribution < 1.29 is 18.0 Å². The van der Waals surface area contributed by atoms with Crippen LogP contribution in [0.2, 0.25) is 0 Å². The summed E-state index contributed by atoms with van der Waals surface area (Å²) in [7, 11) is 0. The number of anilines is 2. The molecule has 0 saturated carbocycles. The summed E-state index contributed by atoms with van der Waals surface area (Å²) in [6, 6.07) is 0.465. The van der Waals surface area contributed by atoms with Gasteiger partial charge >= 0.3 is 12.2 Å². The van der Waals surface area contributed by atoms with E-state index >= 15 is 0 Å². The maximum absolute atomic E-state index is 11.8. The molecule has 0 saturated heterocycles. The molecule has 0 unspecified atom stereocenters. The molecule has 0 fully saturated rings. The van der Waals surface area contributed by atoms with Crippen molar-refractivity contribution in [3.63, 3.8) is 0 Å². The van der Waals surface area contributed by atoms with Gasteiger partial charge in [0.05, 0.1) is 16.4 Å². The third-order valence-electron chi connectivity index (χ3n) is 1.54. The summed E-state index contributed by atoms with van der Waals surface area (Å²) >= 11 is 3.06. The van der Waals surface area contributed by atoms with E-state index in [0.29, 0.717) is 10.2 Å². The number of urea groups is 1. The van der Waals surface area contributed by atoms with Gasteiger partial charge in [-0.2, -0.15) is 13.2 Å². The number of nitrogen functional groups attached to an aromatic ring is 1. The Kier molecular flexibility index (Phi) is 4.16. The Morgan fingerprint density at radius 2 is 2.18 bits per heavy atom. The molecule has 0 radical (unpaired) electrons. The summed E-state index contributed by atoms with van der Waals surface area (Å²) in [4.78, 5) is 14.8. The first-order valence-corrected chi connectivity index (χ1v) is 5.10. The molecule has 1 rings (SSSR count). The average molecular weight is 313 g/mol. The van der Waals surface area contributed by atoms with Crippen molar-refractivity contribution >= 4 is 33.5 Å². The lowest BCUT2D eigenvalue weighted by Crippen LogP contribution is -2.36. The first-order chi connectivity index (χ1) is 7.78. The number of rotatable bonds is 2. The number of halogens is 4. The summed E-state index contributed by atoms with van der Waals surface area (Å²) in [5, 5.41) is 3.79. The topological polar surface area (TPSA) is 80.0 Å². The van der Waals surface area contributed by atoms with E-state index < -0.39 is 18.8 Å². The molecule has 0 aromatic carbocycles. The molecule has 1 heterocycles. The zero-order valence-corrected chi connectivity index (χ0v) is 9.89. The van der Waals surface area contributed by atoms with Crippen LogP contribution < -0.4 is 16.4 Å². The fourth-order valence-corrected chi connectivity index (χ4v) is 1.34. The predicted octanol–water partition coefficient (Wildman–Crippen LogP) is 2.11. The molecule has 17 heavy (non-hydrogen) atoms. The second-order valence-corrected chi connectivity index (χ2v) is 3.88. The second kappa shape index (κ2) is 5.21. The number of aromatic nitrogens is 1. The number of nitrogens with zero attached hydrogens (tertiary/aromatic N) is 1. The highest BCUT2D eigenvalue weighted by atomic mass is 79.9. The monoisotopic (exact) mass is 312 g/mol. The molecular weight excluding hydrogens is 305 g/mol. The van der Waals surface area contributed by atoms with Gasteiger partial charge in [0.1, 0.15) is 12.4 Å². The molecule has 9 heteroatoms. The van der Waals surface area contributed by atoms with E-state index in [-0.39, 0.29) is 5.82 Å². The largest absolute Gasteiger partial charge is 0.405 e. The van der Waals surface area contributed by atoms with Gasteiger partial charge in [-0.05, 0) is 22.0 Å². The molecule has 94 valence electrons. The normalized spacial score (nSPS) is 11.1. The number of hydrogen-bond acceptors (Lipinski definition) is 3. The Hall–Kier alpha value is -1.51. The number of hydrogen-bond donors (Lipinski definition) is 3. The number of alkyl halides is 3. The summed E-state index contributed by atoms with van der Waals surface area (Å²) in [6.07, 6.45) is -3.19. The van der Waals surface area contributed by atoms with Gasteiger partial charge in [-0.1, -0.05) is 0 Å².